The third kappa shape index (κ3) is 6.52. The largest absolute Gasteiger partial charge is 0.382 e. The van der Waals surface area contributed by atoms with Gasteiger partial charge in [0.05, 0.1) is 11.5 Å². The lowest BCUT2D eigenvalue weighted by atomic mass is 9.90. The molecule has 0 aromatic heterocycles. The first-order chi connectivity index (χ1) is 17.7. The van der Waals surface area contributed by atoms with Crippen molar-refractivity contribution in [3.63, 3.8) is 0 Å². The standard InChI is InChI=1S/C30H35N3O3/c1-2-36-21-11-18-31-29(34)26-22-25(16-17-27(26)33-19-9-10-20-33)32-30(35)28(23-12-5-3-6-13-23)24-14-7-4-8-15-24/h3-8,12-17,22,28H,2,9-11,18-21H2,1H3,(H,31,34)(H,32,35). The van der Waals surface area contributed by atoms with Gasteiger partial charge in [0.2, 0.25) is 5.91 Å². The molecule has 3 aromatic carbocycles. The van der Waals surface area contributed by atoms with Crippen LogP contribution in [0.15, 0.2) is 78.9 Å². The van der Waals surface area contributed by atoms with Crippen LogP contribution in [0.25, 0.3) is 0 Å². The molecule has 1 saturated heterocycles. The zero-order valence-electron chi connectivity index (χ0n) is 20.9. The second kappa shape index (κ2) is 12.9. The Balaban J connectivity index is 1.57. The van der Waals surface area contributed by atoms with E-state index in [0.29, 0.717) is 31.0 Å². The van der Waals surface area contributed by atoms with Gasteiger partial charge in [0.1, 0.15) is 0 Å². The van der Waals surface area contributed by atoms with Gasteiger partial charge in [-0.05, 0) is 55.5 Å². The molecule has 188 valence electrons. The summed E-state index contributed by atoms with van der Waals surface area (Å²) >= 11 is 0. The lowest BCUT2D eigenvalue weighted by molar-refractivity contribution is -0.116. The summed E-state index contributed by atoms with van der Waals surface area (Å²) in [6.07, 6.45) is 2.98. The predicted molar refractivity (Wildman–Crippen MR) is 145 cm³/mol. The van der Waals surface area contributed by atoms with Gasteiger partial charge in [-0.3, -0.25) is 9.59 Å². The van der Waals surface area contributed by atoms with Crippen molar-refractivity contribution in [2.45, 2.75) is 32.1 Å². The second-order valence-corrected chi connectivity index (χ2v) is 8.98. The minimum atomic E-state index is -0.457. The maximum Gasteiger partial charge on any atom is 0.253 e. The summed E-state index contributed by atoms with van der Waals surface area (Å²) in [5, 5.41) is 6.10. The molecule has 0 aliphatic carbocycles. The summed E-state index contributed by atoms with van der Waals surface area (Å²) in [5.41, 5.74) is 3.95. The highest BCUT2D eigenvalue weighted by Gasteiger charge is 2.24. The van der Waals surface area contributed by atoms with Gasteiger partial charge in [0.15, 0.2) is 0 Å². The summed E-state index contributed by atoms with van der Waals surface area (Å²) in [4.78, 5) is 29.0. The molecule has 4 rings (SSSR count). The van der Waals surface area contributed by atoms with E-state index in [1.807, 2.05) is 79.7 Å². The van der Waals surface area contributed by atoms with Crippen molar-refractivity contribution in [3.05, 3.63) is 95.6 Å². The number of ether oxygens (including phenoxy) is 1. The number of anilines is 2. The fourth-order valence-corrected chi connectivity index (χ4v) is 4.65. The van der Waals surface area contributed by atoms with E-state index in [9.17, 15) is 9.59 Å². The smallest absolute Gasteiger partial charge is 0.253 e. The van der Waals surface area contributed by atoms with Crippen LogP contribution in [0.4, 0.5) is 11.4 Å². The highest BCUT2D eigenvalue weighted by atomic mass is 16.5. The Morgan fingerprint density at radius 2 is 1.56 bits per heavy atom. The zero-order chi connectivity index (χ0) is 25.2. The van der Waals surface area contributed by atoms with Crippen molar-refractivity contribution in [1.29, 1.82) is 0 Å². The van der Waals surface area contributed by atoms with Crippen molar-refractivity contribution in [1.82, 2.24) is 5.32 Å². The summed E-state index contributed by atoms with van der Waals surface area (Å²) < 4.78 is 5.38. The van der Waals surface area contributed by atoms with Crippen LogP contribution in [0.3, 0.4) is 0 Å². The molecule has 1 fully saturated rings. The number of amides is 2. The molecule has 1 aliphatic rings. The average Bonchev–Trinajstić information content (AvgIpc) is 3.45. The number of carbonyl (C=O) groups excluding carboxylic acids is 2. The van der Waals surface area contributed by atoms with Crippen molar-refractivity contribution < 1.29 is 14.3 Å². The van der Waals surface area contributed by atoms with Crippen LogP contribution in [0, 0.1) is 0 Å². The Hall–Kier alpha value is -3.64. The Kier molecular flexibility index (Phi) is 9.11. The average molecular weight is 486 g/mol. The van der Waals surface area contributed by atoms with E-state index in [2.05, 4.69) is 15.5 Å². The molecule has 6 nitrogen and oxygen atoms in total. The fraction of sp³-hybridized carbons (Fsp3) is 0.333. The molecule has 2 N–H and O–H groups in total. The monoisotopic (exact) mass is 485 g/mol. The second-order valence-electron chi connectivity index (χ2n) is 8.98. The highest BCUT2D eigenvalue weighted by Crippen LogP contribution is 2.30. The van der Waals surface area contributed by atoms with Crippen LogP contribution in [-0.4, -0.2) is 44.7 Å². The molecule has 1 heterocycles. The highest BCUT2D eigenvalue weighted by molar-refractivity contribution is 6.03. The molecule has 0 atom stereocenters. The summed E-state index contributed by atoms with van der Waals surface area (Å²) in [5.74, 6) is -0.724. The maximum atomic E-state index is 13.6. The lowest BCUT2D eigenvalue weighted by Gasteiger charge is -2.23. The molecular weight excluding hydrogens is 450 g/mol. The zero-order valence-corrected chi connectivity index (χ0v) is 20.9. The maximum absolute atomic E-state index is 13.6. The van der Waals surface area contributed by atoms with E-state index in [1.165, 1.54) is 0 Å². The molecule has 0 radical (unpaired) electrons. The molecule has 6 heteroatoms. The van der Waals surface area contributed by atoms with Gasteiger partial charge in [-0.15, -0.1) is 0 Å². The third-order valence-corrected chi connectivity index (χ3v) is 6.44. The number of carbonyl (C=O) groups is 2. The summed E-state index contributed by atoms with van der Waals surface area (Å²) in [7, 11) is 0. The van der Waals surface area contributed by atoms with Crippen molar-refractivity contribution in [2.75, 3.05) is 43.1 Å². The minimum Gasteiger partial charge on any atom is -0.382 e. The number of rotatable bonds is 11. The molecule has 36 heavy (non-hydrogen) atoms. The third-order valence-electron chi connectivity index (χ3n) is 6.44. The van der Waals surface area contributed by atoms with Gasteiger partial charge >= 0.3 is 0 Å². The van der Waals surface area contributed by atoms with Gasteiger partial charge in [-0.1, -0.05) is 60.7 Å². The van der Waals surface area contributed by atoms with Crippen LogP contribution < -0.4 is 15.5 Å². The molecule has 2 amide bonds. The van der Waals surface area contributed by atoms with E-state index in [1.54, 1.807) is 6.07 Å². The molecule has 0 saturated carbocycles. The first-order valence-corrected chi connectivity index (χ1v) is 12.8. The first kappa shape index (κ1) is 25.5. The van der Waals surface area contributed by atoms with Gasteiger partial charge in [-0.2, -0.15) is 0 Å². The Morgan fingerprint density at radius 1 is 0.917 bits per heavy atom. The summed E-state index contributed by atoms with van der Waals surface area (Å²) in [6.45, 7) is 5.65. The van der Waals surface area contributed by atoms with Crippen LogP contribution in [0.1, 0.15) is 53.6 Å². The molecule has 1 aliphatic heterocycles. The van der Waals surface area contributed by atoms with Crippen LogP contribution in [0.2, 0.25) is 0 Å². The quantitative estimate of drug-likeness (QED) is 0.366. The van der Waals surface area contributed by atoms with E-state index in [0.717, 1.165) is 49.2 Å². The van der Waals surface area contributed by atoms with Gasteiger partial charge < -0.3 is 20.3 Å². The van der Waals surface area contributed by atoms with Gasteiger partial charge in [-0.25, -0.2) is 0 Å². The molecule has 0 unspecified atom stereocenters. The normalized spacial score (nSPS) is 13.1. The first-order valence-electron chi connectivity index (χ1n) is 12.8. The Bertz CT molecular complexity index is 1090. The summed E-state index contributed by atoms with van der Waals surface area (Å²) in [6, 6.07) is 25.2. The number of benzene rings is 3. The number of hydrogen-bond acceptors (Lipinski definition) is 4. The Labute approximate surface area is 213 Å². The minimum absolute atomic E-state index is 0.132. The molecule has 0 bridgehead atoms. The van der Waals surface area contributed by atoms with Gasteiger partial charge in [0, 0.05) is 44.2 Å². The topological polar surface area (TPSA) is 70.7 Å². The van der Waals surface area contributed by atoms with E-state index in [4.69, 9.17) is 4.74 Å². The lowest BCUT2D eigenvalue weighted by Crippen LogP contribution is -2.29. The van der Waals surface area contributed by atoms with Gasteiger partial charge in [0.25, 0.3) is 5.91 Å². The molecular formula is C30H35N3O3. The fourth-order valence-electron chi connectivity index (χ4n) is 4.65. The molecule has 3 aromatic rings. The molecule has 0 spiro atoms. The van der Waals surface area contributed by atoms with E-state index < -0.39 is 5.92 Å². The van der Waals surface area contributed by atoms with Crippen molar-refractivity contribution in [2.24, 2.45) is 0 Å². The predicted octanol–water partition coefficient (Wildman–Crippen LogP) is 5.21. The van der Waals surface area contributed by atoms with E-state index in [-0.39, 0.29) is 11.8 Å². The van der Waals surface area contributed by atoms with Crippen molar-refractivity contribution >= 4 is 23.2 Å². The SMILES string of the molecule is CCOCCCNC(=O)c1cc(NC(=O)C(c2ccccc2)c2ccccc2)ccc1N1CCCC1. The van der Waals surface area contributed by atoms with Crippen LogP contribution in [0.5, 0.6) is 0 Å². The van der Waals surface area contributed by atoms with Crippen molar-refractivity contribution in [3.8, 4) is 0 Å². The number of hydrogen-bond donors (Lipinski definition) is 2. The number of nitrogens with one attached hydrogen (secondary N) is 2. The number of nitrogens with zero attached hydrogens (tertiary/aromatic N) is 1. The van der Waals surface area contributed by atoms with Crippen LogP contribution >= 0.6 is 0 Å². The van der Waals surface area contributed by atoms with E-state index >= 15 is 0 Å². The van der Waals surface area contributed by atoms with Crippen LogP contribution in [-0.2, 0) is 9.53 Å². The Morgan fingerprint density at radius 3 is 2.17 bits per heavy atom.